The van der Waals surface area contributed by atoms with Gasteiger partial charge in [-0.3, -0.25) is 4.98 Å². The van der Waals surface area contributed by atoms with Gasteiger partial charge < -0.3 is 5.11 Å². The van der Waals surface area contributed by atoms with E-state index in [9.17, 15) is 31.4 Å². The summed E-state index contributed by atoms with van der Waals surface area (Å²) in [6.07, 6.45) is -5.35. The van der Waals surface area contributed by atoms with E-state index in [0.717, 1.165) is 52.6 Å². The molecule has 0 aliphatic rings. The Morgan fingerprint density at radius 2 is 1.33 bits per heavy atom. The zero-order valence-electron chi connectivity index (χ0n) is 22.6. The third kappa shape index (κ3) is 5.76. The molecule has 1 heterocycles. The second kappa shape index (κ2) is 11.2. The van der Waals surface area contributed by atoms with Crippen molar-refractivity contribution in [1.82, 2.24) is 4.98 Å². The van der Waals surface area contributed by atoms with Crippen LogP contribution in [0.5, 0.6) is 0 Å². The predicted octanol–water partition coefficient (Wildman–Crippen LogP) is 8.90. The minimum Gasteiger partial charge on any atom is -0.370 e. The summed E-state index contributed by atoms with van der Waals surface area (Å²) in [6, 6.07) is 13.4. The van der Waals surface area contributed by atoms with Crippen molar-refractivity contribution >= 4 is 6.08 Å². The van der Waals surface area contributed by atoms with Crippen LogP contribution in [0.25, 0.3) is 17.2 Å². The first-order chi connectivity index (χ1) is 18.1. The van der Waals surface area contributed by atoms with Gasteiger partial charge in [0.05, 0.1) is 0 Å². The number of halogens is 6. The average molecular weight is 550 g/mol. The number of rotatable bonds is 8. The summed E-state index contributed by atoms with van der Waals surface area (Å²) in [5.41, 5.74) is 1.59. The lowest BCUT2D eigenvalue weighted by atomic mass is 9.69. The molecule has 0 radical (unpaired) electrons. The van der Waals surface area contributed by atoms with E-state index in [1.54, 1.807) is 19.1 Å². The van der Waals surface area contributed by atoms with Crippen molar-refractivity contribution < 1.29 is 31.4 Å². The summed E-state index contributed by atoms with van der Waals surface area (Å²) in [5, 5.41) is 9.46. The molecule has 3 aromatic rings. The Bertz CT molecular complexity index is 1320. The molecular formula is C31H33F6NO. The molecule has 0 fully saturated rings. The predicted molar refractivity (Wildman–Crippen MR) is 142 cm³/mol. The summed E-state index contributed by atoms with van der Waals surface area (Å²) >= 11 is 0. The molecular weight excluding hydrogens is 516 g/mol. The molecule has 39 heavy (non-hydrogen) atoms. The van der Waals surface area contributed by atoms with E-state index >= 15 is 0 Å². The van der Waals surface area contributed by atoms with Crippen molar-refractivity contribution in [1.29, 1.82) is 0 Å². The van der Waals surface area contributed by atoms with Crippen molar-refractivity contribution in [3.63, 3.8) is 0 Å². The Hall–Kier alpha value is -3.13. The fourth-order valence-corrected chi connectivity index (χ4v) is 5.07. The number of alkyl halides is 6. The van der Waals surface area contributed by atoms with Crippen molar-refractivity contribution in [3.8, 4) is 11.1 Å². The molecule has 1 aromatic heterocycles. The van der Waals surface area contributed by atoms with Gasteiger partial charge in [-0.05, 0) is 84.2 Å². The Kier molecular flexibility index (Phi) is 8.70. The van der Waals surface area contributed by atoms with Crippen molar-refractivity contribution in [2.24, 2.45) is 0 Å². The summed E-state index contributed by atoms with van der Waals surface area (Å²) in [7, 11) is 0. The number of pyridine rings is 1. The highest BCUT2D eigenvalue weighted by Crippen LogP contribution is 2.45. The molecule has 3 rings (SSSR count). The van der Waals surface area contributed by atoms with E-state index in [-0.39, 0.29) is 11.6 Å². The first kappa shape index (κ1) is 30.4. The van der Waals surface area contributed by atoms with Crippen LogP contribution < -0.4 is 0 Å². The molecule has 0 saturated heterocycles. The highest BCUT2D eigenvalue weighted by Gasteiger charge is 2.68. The van der Waals surface area contributed by atoms with Crippen molar-refractivity contribution in [2.45, 2.75) is 77.2 Å². The van der Waals surface area contributed by atoms with Gasteiger partial charge in [0.25, 0.3) is 5.60 Å². The van der Waals surface area contributed by atoms with E-state index < -0.39 is 23.4 Å². The van der Waals surface area contributed by atoms with Crippen LogP contribution in [0.4, 0.5) is 26.3 Å². The third-order valence-electron chi connectivity index (χ3n) is 7.69. The second-order valence-electron chi connectivity index (χ2n) is 9.92. The maximum Gasteiger partial charge on any atom is 0.430 e. The van der Waals surface area contributed by atoms with Gasteiger partial charge in [0.2, 0.25) is 0 Å². The van der Waals surface area contributed by atoms with Crippen molar-refractivity contribution in [3.05, 3.63) is 94.3 Å². The molecule has 0 atom stereocenters. The van der Waals surface area contributed by atoms with Gasteiger partial charge in [0.15, 0.2) is 0 Å². The zero-order chi connectivity index (χ0) is 29.2. The van der Waals surface area contributed by atoms with Crippen LogP contribution in [0.2, 0.25) is 0 Å². The molecule has 2 nitrogen and oxygen atoms in total. The van der Waals surface area contributed by atoms with Gasteiger partial charge in [-0.2, -0.15) is 26.3 Å². The van der Waals surface area contributed by atoms with Crippen LogP contribution in [0.3, 0.4) is 0 Å². The van der Waals surface area contributed by atoms with Crippen molar-refractivity contribution in [2.75, 3.05) is 0 Å². The van der Waals surface area contributed by atoms with Crippen LogP contribution in [-0.2, 0) is 11.8 Å². The SMILES string of the molecule is CCc1cncc(-c2ccc(C(CC)(CC)c3ccc(/C=C/C(O)(C(F)(F)F)C(F)(F)F)c(C)c3)cc2C)c1. The Morgan fingerprint density at radius 1 is 0.769 bits per heavy atom. The Balaban J connectivity index is 2.03. The standard InChI is InChI=1S/C31H33F6NO/c1-6-22-17-24(19-38-18-22)27-12-11-26(16-21(27)5)28(7-2,8-3)25-10-9-23(20(4)15-25)13-14-29(39,30(32,33)34)31(35,36)37/h9-19,39H,6-8H2,1-5H3/b14-13+. The van der Waals surface area contributed by atoms with Gasteiger partial charge >= 0.3 is 12.4 Å². The lowest BCUT2D eigenvalue weighted by Gasteiger charge is -2.34. The van der Waals surface area contributed by atoms with Gasteiger partial charge in [-0.15, -0.1) is 0 Å². The molecule has 0 bridgehead atoms. The summed E-state index contributed by atoms with van der Waals surface area (Å²) in [6.45, 7) is 9.84. The quantitative estimate of drug-likeness (QED) is 0.285. The van der Waals surface area contributed by atoms with Gasteiger partial charge in [0.1, 0.15) is 0 Å². The van der Waals surface area contributed by atoms with Crippen LogP contribution >= 0.6 is 0 Å². The molecule has 0 unspecified atom stereocenters. The molecule has 1 N–H and O–H groups in total. The summed E-state index contributed by atoms with van der Waals surface area (Å²) < 4.78 is 78.5. The normalized spacial score (nSPS) is 13.3. The maximum atomic E-state index is 13.1. The monoisotopic (exact) mass is 549 g/mol. The van der Waals surface area contributed by atoms with Crippen LogP contribution in [0.1, 0.15) is 67.0 Å². The highest BCUT2D eigenvalue weighted by molar-refractivity contribution is 5.68. The number of benzene rings is 2. The van der Waals surface area contributed by atoms with Gasteiger partial charge in [-0.1, -0.05) is 63.2 Å². The number of aromatic nitrogens is 1. The molecule has 2 aromatic carbocycles. The first-order valence-corrected chi connectivity index (χ1v) is 12.8. The Morgan fingerprint density at radius 3 is 1.82 bits per heavy atom. The smallest absolute Gasteiger partial charge is 0.370 e. The molecule has 0 saturated carbocycles. The molecule has 210 valence electrons. The second-order valence-corrected chi connectivity index (χ2v) is 9.92. The van der Waals surface area contributed by atoms with Crippen LogP contribution in [0.15, 0.2) is 60.9 Å². The lowest BCUT2D eigenvalue weighted by molar-refractivity contribution is -0.347. The maximum absolute atomic E-state index is 13.1. The number of hydrogen-bond acceptors (Lipinski definition) is 2. The first-order valence-electron chi connectivity index (χ1n) is 12.8. The third-order valence-corrected chi connectivity index (χ3v) is 7.69. The minimum absolute atomic E-state index is 0.154. The fourth-order valence-electron chi connectivity index (χ4n) is 5.07. The largest absolute Gasteiger partial charge is 0.430 e. The van der Waals surface area contributed by atoms with Crippen LogP contribution in [0, 0.1) is 13.8 Å². The number of aliphatic hydroxyl groups is 1. The molecule has 8 heteroatoms. The van der Waals surface area contributed by atoms with Gasteiger partial charge in [0, 0.05) is 23.4 Å². The number of hydrogen-bond donors (Lipinski definition) is 1. The number of nitrogens with zero attached hydrogens (tertiary/aromatic N) is 1. The molecule has 0 aliphatic heterocycles. The lowest BCUT2D eigenvalue weighted by Crippen LogP contribution is -2.55. The average Bonchev–Trinajstić information content (AvgIpc) is 2.88. The fraction of sp³-hybridized carbons (Fsp3) is 0.387. The topological polar surface area (TPSA) is 33.1 Å². The van der Waals surface area contributed by atoms with Gasteiger partial charge in [-0.25, -0.2) is 0 Å². The Labute approximate surface area is 225 Å². The minimum atomic E-state index is -5.91. The number of aryl methyl sites for hydroxylation is 3. The van der Waals surface area contributed by atoms with E-state index in [4.69, 9.17) is 0 Å². The summed E-state index contributed by atoms with van der Waals surface area (Å²) in [4.78, 5) is 4.35. The molecule has 0 amide bonds. The van der Waals surface area contributed by atoms with E-state index in [0.29, 0.717) is 11.6 Å². The van der Waals surface area contributed by atoms with E-state index in [2.05, 4.69) is 50.0 Å². The molecule has 0 spiro atoms. The zero-order valence-corrected chi connectivity index (χ0v) is 22.6. The van der Waals surface area contributed by atoms with Crippen LogP contribution in [-0.4, -0.2) is 28.0 Å². The summed E-state index contributed by atoms with van der Waals surface area (Å²) in [5.74, 6) is 0. The van der Waals surface area contributed by atoms with E-state index in [1.807, 2.05) is 19.3 Å². The van der Waals surface area contributed by atoms with E-state index in [1.165, 1.54) is 6.07 Å². The molecule has 0 aliphatic carbocycles. The highest BCUT2D eigenvalue weighted by atomic mass is 19.4.